The van der Waals surface area contributed by atoms with E-state index in [0.29, 0.717) is 9.23 Å². The Morgan fingerprint density at radius 3 is 2.89 bits per heavy atom. The highest BCUT2D eigenvalue weighted by Crippen LogP contribution is 2.32. The first-order chi connectivity index (χ1) is 9.06. The molecule has 104 valence electrons. The molecule has 2 atom stereocenters. The van der Waals surface area contributed by atoms with Gasteiger partial charge in [0.15, 0.2) is 0 Å². The molecule has 0 radical (unpaired) electrons. The summed E-state index contributed by atoms with van der Waals surface area (Å²) in [6.45, 7) is -0.290. The molecular weight excluding hydrogens is 286 g/mol. The molecule has 0 aromatic carbocycles. The lowest BCUT2D eigenvalue weighted by molar-refractivity contribution is -0.145. The Hall–Kier alpha value is -0.920. The lowest BCUT2D eigenvalue weighted by atomic mass is 9.86. The van der Waals surface area contributed by atoms with E-state index in [1.54, 1.807) is 0 Å². The van der Waals surface area contributed by atoms with Gasteiger partial charge in [-0.15, -0.1) is 0 Å². The standard InChI is InChI=1S/C12H15NO4S2/c14-10(15)6-17-8-4-2-1-3-7(8)5-9-11(16)13-12(18)19-9/h5,7-8H,1-4,6H2,(H,14,15)(H,13,16,18)/b9-5-/t7-,8-/m1/s1. The molecule has 0 spiro atoms. The van der Waals surface area contributed by atoms with E-state index >= 15 is 0 Å². The van der Waals surface area contributed by atoms with E-state index < -0.39 is 5.97 Å². The van der Waals surface area contributed by atoms with Gasteiger partial charge < -0.3 is 15.2 Å². The van der Waals surface area contributed by atoms with E-state index in [9.17, 15) is 9.59 Å². The number of thiocarbonyl (C=S) groups is 1. The van der Waals surface area contributed by atoms with Crippen molar-refractivity contribution in [3.05, 3.63) is 11.0 Å². The first-order valence-corrected chi connectivity index (χ1v) is 7.37. The fraction of sp³-hybridized carbons (Fsp3) is 0.583. The Labute approximate surface area is 120 Å². The minimum Gasteiger partial charge on any atom is -0.480 e. The molecule has 1 amide bonds. The highest BCUT2D eigenvalue weighted by atomic mass is 32.2. The Bertz CT molecular complexity index is 435. The second kappa shape index (κ2) is 6.49. The summed E-state index contributed by atoms with van der Waals surface area (Å²) in [5, 5.41) is 11.2. The SMILES string of the molecule is O=C(O)CO[C@@H]1CCCC[C@@H]1/C=C1\SC(=S)NC1=O. The number of ether oxygens (including phenoxy) is 1. The van der Waals surface area contributed by atoms with Gasteiger partial charge in [0.2, 0.25) is 0 Å². The molecule has 0 bridgehead atoms. The van der Waals surface area contributed by atoms with Crippen LogP contribution in [0.25, 0.3) is 0 Å². The fourth-order valence-corrected chi connectivity index (χ4v) is 3.42. The van der Waals surface area contributed by atoms with Crippen LogP contribution in [-0.4, -0.2) is 34.0 Å². The minimum atomic E-state index is -0.967. The molecule has 1 saturated carbocycles. The van der Waals surface area contributed by atoms with Crippen molar-refractivity contribution in [1.29, 1.82) is 0 Å². The van der Waals surface area contributed by atoms with Crippen LogP contribution in [0.2, 0.25) is 0 Å². The van der Waals surface area contributed by atoms with Gasteiger partial charge in [-0.2, -0.15) is 0 Å². The second-order valence-electron chi connectivity index (χ2n) is 4.57. The van der Waals surface area contributed by atoms with Crippen molar-refractivity contribution >= 4 is 40.2 Å². The lowest BCUT2D eigenvalue weighted by Crippen LogP contribution is -2.29. The van der Waals surface area contributed by atoms with Gasteiger partial charge >= 0.3 is 5.97 Å². The molecule has 1 heterocycles. The van der Waals surface area contributed by atoms with Gasteiger partial charge in [0.25, 0.3) is 5.91 Å². The van der Waals surface area contributed by atoms with Crippen molar-refractivity contribution in [2.75, 3.05) is 6.61 Å². The van der Waals surface area contributed by atoms with Crippen LogP contribution in [0.3, 0.4) is 0 Å². The summed E-state index contributed by atoms with van der Waals surface area (Å²) >= 11 is 6.19. The van der Waals surface area contributed by atoms with Crippen LogP contribution in [0.4, 0.5) is 0 Å². The van der Waals surface area contributed by atoms with E-state index in [1.807, 2.05) is 6.08 Å². The Morgan fingerprint density at radius 2 is 2.26 bits per heavy atom. The molecule has 0 aromatic rings. The van der Waals surface area contributed by atoms with Gasteiger partial charge in [-0.3, -0.25) is 4.79 Å². The van der Waals surface area contributed by atoms with Crippen LogP contribution in [-0.2, 0) is 14.3 Å². The predicted molar refractivity (Wildman–Crippen MR) is 75.7 cm³/mol. The Kier molecular flexibility index (Phi) is 4.95. The molecular formula is C12H15NO4S2. The smallest absolute Gasteiger partial charge is 0.329 e. The number of rotatable bonds is 4. The van der Waals surface area contributed by atoms with Gasteiger partial charge in [0.1, 0.15) is 10.9 Å². The normalized spacial score (nSPS) is 29.6. The largest absolute Gasteiger partial charge is 0.480 e. The molecule has 0 aromatic heterocycles. The first kappa shape index (κ1) is 14.5. The average Bonchev–Trinajstić information content (AvgIpc) is 2.67. The second-order valence-corrected chi connectivity index (χ2v) is 6.28. The third-order valence-electron chi connectivity index (χ3n) is 3.18. The minimum absolute atomic E-state index is 0.0854. The van der Waals surface area contributed by atoms with Gasteiger partial charge in [0, 0.05) is 5.92 Å². The van der Waals surface area contributed by atoms with Gasteiger partial charge in [-0.05, 0) is 12.8 Å². The van der Waals surface area contributed by atoms with Gasteiger partial charge in [-0.25, -0.2) is 4.79 Å². The molecule has 7 heteroatoms. The van der Waals surface area contributed by atoms with E-state index in [-0.39, 0.29) is 24.5 Å². The number of carbonyl (C=O) groups excluding carboxylic acids is 1. The highest BCUT2D eigenvalue weighted by molar-refractivity contribution is 8.26. The van der Waals surface area contributed by atoms with Gasteiger partial charge in [-0.1, -0.05) is 42.9 Å². The number of amides is 1. The third kappa shape index (κ3) is 4.02. The summed E-state index contributed by atoms with van der Waals surface area (Å²) < 4.78 is 5.88. The maximum absolute atomic E-state index is 11.6. The highest BCUT2D eigenvalue weighted by Gasteiger charge is 2.29. The zero-order chi connectivity index (χ0) is 13.8. The van der Waals surface area contributed by atoms with Crippen LogP contribution < -0.4 is 5.32 Å². The van der Waals surface area contributed by atoms with Crippen molar-refractivity contribution in [3.63, 3.8) is 0 Å². The number of carboxylic acids is 1. The van der Waals surface area contributed by atoms with Crippen molar-refractivity contribution in [3.8, 4) is 0 Å². The number of carboxylic acid groups (broad SMARTS) is 1. The van der Waals surface area contributed by atoms with Crippen LogP contribution in [0.15, 0.2) is 11.0 Å². The molecule has 2 fully saturated rings. The monoisotopic (exact) mass is 301 g/mol. The number of nitrogens with one attached hydrogen (secondary N) is 1. The van der Waals surface area contributed by atoms with Crippen molar-refractivity contribution in [2.24, 2.45) is 5.92 Å². The van der Waals surface area contributed by atoms with E-state index in [1.165, 1.54) is 11.8 Å². The van der Waals surface area contributed by atoms with Crippen LogP contribution in [0.1, 0.15) is 25.7 Å². The van der Waals surface area contributed by atoms with Crippen LogP contribution in [0, 0.1) is 5.92 Å². The summed E-state index contributed by atoms with van der Waals surface area (Å²) in [4.78, 5) is 22.8. The molecule has 5 nitrogen and oxygen atoms in total. The maximum Gasteiger partial charge on any atom is 0.329 e. The fourth-order valence-electron chi connectivity index (χ4n) is 2.33. The number of carbonyl (C=O) groups is 2. The molecule has 2 rings (SSSR count). The van der Waals surface area contributed by atoms with E-state index in [2.05, 4.69) is 5.32 Å². The summed E-state index contributed by atoms with van der Waals surface area (Å²) in [5.74, 6) is -1.05. The Balaban J connectivity index is 2.03. The molecule has 1 saturated heterocycles. The van der Waals surface area contributed by atoms with E-state index in [4.69, 9.17) is 22.1 Å². The molecule has 1 aliphatic heterocycles. The Morgan fingerprint density at radius 1 is 1.53 bits per heavy atom. The molecule has 0 unspecified atom stereocenters. The number of hydrogen-bond acceptors (Lipinski definition) is 5. The van der Waals surface area contributed by atoms with E-state index in [0.717, 1.165) is 25.7 Å². The number of hydrogen-bond donors (Lipinski definition) is 2. The van der Waals surface area contributed by atoms with Crippen molar-refractivity contribution in [2.45, 2.75) is 31.8 Å². The average molecular weight is 301 g/mol. The number of thioether (sulfide) groups is 1. The summed E-state index contributed by atoms with van der Waals surface area (Å²) in [6, 6.07) is 0. The third-order valence-corrected chi connectivity index (χ3v) is 4.36. The zero-order valence-corrected chi connectivity index (χ0v) is 11.9. The summed E-state index contributed by atoms with van der Waals surface area (Å²) in [6.07, 6.45) is 5.59. The zero-order valence-electron chi connectivity index (χ0n) is 10.3. The topological polar surface area (TPSA) is 75.6 Å². The first-order valence-electron chi connectivity index (χ1n) is 6.14. The van der Waals surface area contributed by atoms with Crippen molar-refractivity contribution < 1.29 is 19.4 Å². The quantitative estimate of drug-likeness (QED) is 0.608. The molecule has 1 aliphatic carbocycles. The van der Waals surface area contributed by atoms with Crippen molar-refractivity contribution in [1.82, 2.24) is 5.32 Å². The summed E-state index contributed by atoms with van der Waals surface area (Å²) in [5.41, 5.74) is 0. The lowest BCUT2D eigenvalue weighted by Gasteiger charge is -2.29. The van der Waals surface area contributed by atoms with Crippen LogP contribution in [0.5, 0.6) is 0 Å². The molecule has 2 aliphatic rings. The van der Waals surface area contributed by atoms with Gasteiger partial charge in [0.05, 0.1) is 11.0 Å². The molecule has 2 N–H and O–H groups in total. The number of aliphatic carboxylic acids is 1. The maximum atomic E-state index is 11.6. The summed E-state index contributed by atoms with van der Waals surface area (Å²) in [7, 11) is 0. The predicted octanol–water partition coefficient (Wildman–Crippen LogP) is 1.68. The molecule has 19 heavy (non-hydrogen) atoms. The van der Waals surface area contributed by atoms with Crippen LogP contribution >= 0.6 is 24.0 Å².